The first-order chi connectivity index (χ1) is 11.4. The Labute approximate surface area is 141 Å². The maximum atomic E-state index is 5.80. The minimum Gasteiger partial charge on any atom is -0.440 e. The van der Waals surface area contributed by atoms with Crippen molar-refractivity contribution in [1.29, 1.82) is 0 Å². The molecule has 0 radical (unpaired) electrons. The number of oxazole rings is 1. The smallest absolute Gasteiger partial charge is 0.205 e. The van der Waals surface area contributed by atoms with E-state index >= 15 is 0 Å². The summed E-state index contributed by atoms with van der Waals surface area (Å²) in [7, 11) is 0. The Balaban J connectivity index is 1.49. The summed E-state index contributed by atoms with van der Waals surface area (Å²) in [6.45, 7) is 0. The zero-order valence-corrected chi connectivity index (χ0v) is 13.9. The minimum absolute atomic E-state index is 0.686. The predicted octanol–water partition coefficient (Wildman–Crippen LogP) is 4.61. The molecule has 1 aliphatic carbocycles. The summed E-state index contributed by atoms with van der Waals surface area (Å²) >= 11 is 3.51. The second-order valence-corrected chi connectivity index (χ2v) is 7.63. The highest BCUT2D eigenvalue weighted by atomic mass is 32.2. The predicted molar refractivity (Wildman–Crippen MR) is 93.0 cm³/mol. The number of nitrogens with zero attached hydrogens (tertiary/aromatic N) is 3. The van der Waals surface area contributed by atoms with Gasteiger partial charge in [0.15, 0.2) is 5.58 Å². The lowest BCUT2D eigenvalue weighted by molar-refractivity contribution is 0.556. The standard InChI is InChI=1S/C17H13N3OS2/c1-2-6-12-11(5-1)20-14(21-12)8-22-16-15-10-4-3-7-13(10)23-17(15)19-9-18-16/h1-2,5-6,9H,3-4,7-8H2. The Hall–Kier alpha value is -1.92. The molecule has 1 aromatic carbocycles. The van der Waals surface area contributed by atoms with Gasteiger partial charge in [-0.1, -0.05) is 23.9 Å². The van der Waals surface area contributed by atoms with E-state index in [1.165, 1.54) is 28.7 Å². The van der Waals surface area contributed by atoms with Crippen LogP contribution in [-0.4, -0.2) is 15.0 Å². The van der Waals surface area contributed by atoms with E-state index in [0.717, 1.165) is 33.3 Å². The van der Waals surface area contributed by atoms with E-state index in [9.17, 15) is 0 Å². The van der Waals surface area contributed by atoms with Crippen molar-refractivity contribution < 1.29 is 4.42 Å². The zero-order valence-electron chi connectivity index (χ0n) is 12.3. The topological polar surface area (TPSA) is 51.8 Å². The van der Waals surface area contributed by atoms with Gasteiger partial charge in [0.1, 0.15) is 21.7 Å². The molecule has 4 nitrogen and oxygen atoms in total. The molecule has 0 aliphatic heterocycles. The van der Waals surface area contributed by atoms with Gasteiger partial charge in [-0.25, -0.2) is 15.0 Å². The highest BCUT2D eigenvalue weighted by Gasteiger charge is 2.21. The number of fused-ring (bicyclic) bond motifs is 4. The first kappa shape index (κ1) is 13.5. The number of thioether (sulfide) groups is 1. The molecule has 3 aromatic heterocycles. The number of hydrogen-bond acceptors (Lipinski definition) is 6. The van der Waals surface area contributed by atoms with Gasteiger partial charge >= 0.3 is 0 Å². The fraction of sp³-hybridized carbons (Fsp3) is 0.235. The number of benzene rings is 1. The van der Waals surface area contributed by atoms with Crippen LogP contribution in [0, 0.1) is 0 Å². The van der Waals surface area contributed by atoms with Gasteiger partial charge in [0.05, 0.1) is 5.75 Å². The van der Waals surface area contributed by atoms with E-state index < -0.39 is 0 Å². The SMILES string of the molecule is c1ccc2oc(CSc3ncnc4sc5c(c34)CCC5)nc2c1. The average molecular weight is 339 g/mol. The van der Waals surface area contributed by atoms with Crippen LogP contribution in [0.3, 0.4) is 0 Å². The molecule has 0 bridgehead atoms. The van der Waals surface area contributed by atoms with Crippen LogP contribution >= 0.6 is 23.1 Å². The number of hydrogen-bond donors (Lipinski definition) is 0. The average Bonchev–Trinajstić information content (AvgIpc) is 3.25. The molecule has 4 aromatic rings. The molecule has 3 heterocycles. The number of para-hydroxylation sites is 2. The van der Waals surface area contributed by atoms with Gasteiger partial charge in [0.2, 0.25) is 5.89 Å². The first-order valence-corrected chi connectivity index (χ1v) is 9.41. The summed E-state index contributed by atoms with van der Waals surface area (Å²) < 4.78 is 5.80. The molecule has 5 rings (SSSR count). The van der Waals surface area contributed by atoms with E-state index in [4.69, 9.17) is 4.42 Å². The fourth-order valence-corrected chi connectivity index (χ4v) is 5.28. The van der Waals surface area contributed by atoms with Crippen molar-refractivity contribution in [1.82, 2.24) is 15.0 Å². The van der Waals surface area contributed by atoms with Crippen LogP contribution in [0.25, 0.3) is 21.3 Å². The Morgan fingerprint density at radius 1 is 1.17 bits per heavy atom. The molecule has 0 unspecified atom stereocenters. The molecule has 1 aliphatic rings. The Kier molecular flexibility index (Phi) is 3.12. The molecule has 6 heteroatoms. The van der Waals surface area contributed by atoms with E-state index in [1.807, 2.05) is 35.6 Å². The molecule has 0 fully saturated rings. The van der Waals surface area contributed by atoms with Crippen molar-refractivity contribution in [3.63, 3.8) is 0 Å². The fourth-order valence-electron chi connectivity index (χ4n) is 3.12. The van der Waals surface area contributed by atoms with Gasteiger partial charge in [-0.15, -0.1) is 11.3 Å². The molecule has 0 saturated heterocycles. The monoisotopic (exact) mass is 339 g/mol. The van der Waals surface area contributed by atoms with Crippen LogP contribution < -0.4 is 0 Å². The molecule has 23 heavy (non-hydrogen) atoms. The van der Waals surface area contributed by atoms with Crippen LogP contribution in [0.2, 0.25) is 0 Å². The number of aryl methyl sites for hydroxylation is 2. The maximum absolute atomic E-state index is 5.80. The van der Waals surface area contributed by atoms with Gasteiger partial charge in [0.25, 0.3) is 0 Å². The number of rotatable bonds is 3. The van der Waals surface area contributed by atoms with Crippen molar-refractivity contribution in [2.75, 3.05) is 0 Å². The van der Waals surface area contributed by atoms with E-state index in [-0.39, 0.29) is 0 Å². The van der Waals surface area contributed by atoms with Crippen molar-refractivity contribution in [3.8, 4) is 0 Å². The zero-order chi connectivity index (χ0) is 15.2. The second-order valence-electron chi connectivity index (χ2n) is 5.58. The van der Waals surface area contributed by atoms with Crippen molar-refractivity contribution in [2.24, 2.45) is 0 Å². The molecule has 114 valence electrons. The quantitative estimate of drug-likeness (QED) is 0.403. The van der Waals surface area contributed by atoms with Crippen LogP contribution in [0.4, 0.5) is 0 Å². The van der Waals surface area contributed by atoms with Gasteiger partial charge in [0, 0.05) is 10.3 Å². The Morgan fingerprint density at radius 2 is 2.13 bits per heavy atom. The molecule has 0 spiro atoms. The Bertz CT molecular complexity index is 988. The summed E-state index contributed by atoms with van der Waals surface area (Å²) in [6.07, 6.45) is 5.26. The van der Waals surface area contributed by atoms with Gasteiger partial charge < -0.3 is 4.42 Å². The Morgan fingerprint density at radius 3 is 3.09 bits per heavy atom. The normalized spacial score (nSPS) is 13.9. The molecule has 0 atom stereocenters. The molecular formula is C17H13N3OS2. The third-order valence-corrected chi connectivity index (χ3v) is 6.31. The van der Waals surface area contributed by atoms with Gasteiger partial charge in [-0.05, 0) is 37.0 Å². The lowest BCUT2D eigenvalue weighted by Crippen LogP contribution is -1.88. The van der Waals surface area contributed by atoms with Gasteiger partial charge in [-0.3, -0.25) is 0 Å². The van der Waals surface area contributed by atoms with Crippen molar-refractivity contribution in [2.45, 2.75) is 30.0 Å². The van der Waals surface area contributed by atoms with Crippen LogP contribution in [0.15, 0.2) is 40.0 Å². The summed E-state index contributed by atoms with van der Waals surface area (Å²) in [5, 5.41) is 2.31. The molecule has 0 amide bonds. The summed E-state index contributed by atoms with van der Waals surface area (Å²) in [5.41, 5.74) is 3.21. The second kappa shape index (κ2) is 5.32. The molecule has 0 saturated carbocycles. The summed E-state index contributed by atoms with van der Waals surface area (Å²) in [5.74, 6) is 1.43. The van der Waals surface area contributed by atoms with Crippen LogP contribution in [-0.2, 0) is 18.6 Å². The third-order valence-electron chi connectivity index (χ3n) is 4.14. The highest BCUT2D eigenvalue weighted by Crippen LogP contribution is 2.40. The van der Waals surface area contributed by atoms with E-state index in [1.54, 1.807) is 18.1 Å². The lowest BCUT2D eigenvalue weighted by atomic mass is 10.2. The van der Waals surface area contributed by atoms with Crippen LogP contribution in [0.5, 0.6) is 0 Å². The first-order valence-electron chi connectivity index (χ1n) is 7.61. The third kappa shape index (κ3) is 2.24. The van der Waals surface area contributed by atoms with Crippen molar-refractivity contribution in [3.05, 3.63) is 46.9 Å². The summed E-state index contributed by atoms with van der Waals surface area (Å²) in [4.78, 5) is 16.1. The molecular weight excluding hydrogens is 326 g/mol. The van der Waals surface area contributed by atoms with Crippen LogP contribution in [0.1, 0.15) is 22.8 Å². The van der Waals surface area contributed by atoms with E-state index in [2.05, 4.69) is 15.0 Å². The minimum atomic E-state index is 0.686. The largest absolute Gasteiger partial charge is 0.440 e. The summed E-state index contributed by atoms with van der Waals surface area (Å²) in [6, 6.07) is 7.87. The maximum Gasteiger partial charge on any atom is 0.205 e. The van der Waals surface area contributed by atoms with E-state index in [0.29, 0.717) is 5.75 Å². The van der Waals surface area contributed by atoms with Crippen molar-refractivity contribution >= 4 is 44.4 Å². The molecule has 0 N–H and O–H groups in total. The highest BCUT2D eigenvalue weighted by molar-refractivity contribution is 7.98. The number of aromatic nitrogens is 3. The van der Waals surface area contributed by atoms with Gasteiger partial charge in [-0.2, -0.15) is 0 Å². The lowest BCUT2D eigenvalue weighted by Gasteiger charge is -2.01. The number of thiophene rings is 1.